The molecule has 1 saturated heterocycles. The van der Waals surface area contributed by atoms with E-state index in [1.54, 1.807) is 30.3 Å². The summed E-state index contributed by atoms with van der Waals surface area (Å²) in [6.07, 6.45) is 0.629. The van der Waals surface area contributed by atoms with E-state index < -0.39 is 23.3 Å². The van der Waals surface area contributed by atoms with E-state index in [1.165, 1.54) is 0 Å². The minimum Gasteiger partial charge on any atom is -0.480 e. The van der Waals surface area contributed by atoms with E-state index in [2.05, 4.69) is 32.2 Å². The Hall–Kier alpha value is -2.06. The van der Waals surface area contributed by atoms with E-state index in [0.717, 1.165) is 11.1 Å². The van der Waals surface area contributed by atoms with Gasteiger partial charge in [0, 0.05) is 22.0 Å². The third-order valence-corrected chi connectivity index (χ3v) is 6.04. The van der Waals surface area contributed by atoms with Gasteiger partial charge in [-0.15, -0.1) is 0 Å². The number of carboxylic acids is 1. The number of aliphatic carboxylic acids is 1. The Morgan fingerprint density at radius 3 is 2.34 bits per heavy atom. The average Bonchev–Trinajstić information content (AvgIpc) is 2.96. The molecule has 0 aromatic heterocycles. The molecule has 3 rings (SSSR count). The lowest BCUT2D eigenvalue weighted by atomic mass is 9.63. The van der Waals surface area contributed by atoms with Gasteiger partial charge in [-0.2, -0.15) is 5.26 Å². The van der Waals surface area contributed by atoms with Crippen molar-refractivity contribution in [3.63, 3.8) is 0 Å². The van der Waals surface area contributed by atoms with Crippen LogP contribution >= 0.6 is 23.2 Å². The van der Waals surface area contributed by atoms with Crippen LogP contribution in [0.15, 0.2) is 48.5 Å². The Morgan fingerprint density at radius 2 is 1.83 bits per heavy atom. The minimum absolute atomic E-state index is 0.113. The maximum Gasteiger partial charge on any atom is 0.321 e. The molecule has 29 heavy (non-hydrogen) atoms. The zero-order valence-electron chi connectivity index (χ0n) is 16.6. The molecule has 0 amide bonds. The molecular weight excluding hydrogens is 407 g/mol. The molecule has 1 aliphatic heterocycles. The van der Waals surface area contributed by atoms with E-state index in [9.17, 15) is 15.2 Å². The lowest BCUT2D eigenvalue weighted by Gasteiger charge is -2.37. The zero-order chi connectivity index (χ0) is 21.4. The molecule has 2 N–H and O–H groups in total. The second kappa shape index (κ2) is 7.99. The normalized spacial score (nSPS) is 26.8. The fourth-order valence-corrected chi connectivity index (χ4v) is 4.77. The molecule has 0 unspecified atom stereocenters. The molecule has 1 aliphatic rings. The van der Waals surface area contributed by atoms with Crippen molar-refractivity contribution in [1.82, 2.24) is 5.32 Å². The number of nitrogens with zero attached hydrogens (tertiary/aromatic N) is 1. The lowest BCUT2D eigenvalue weighted by Crippen LogP contribution is -2.44. The lowest BCUT2D eigenvalue weighted by molar-refractivity contribution is -0.139. The van der Waals surface area contributed by atoms with Crippen LogP contribution in [0.4, 0.5) is 0 Å². The molecule has 1 fully saturated rings. The summed E-state index contributed by atoms with van der Waals surface area (Å²) in [4.78, 5) is 12.2. The van der Waals surface area contributed by atoms with Crippen LogP contribution in [0.1, 0.15) is 44.2 Å². The second-order valence-corrected chi connectivity index (χ2v) is 9.69. The van der Waals surface area contributed by atoms with Gasteiger partial charge in [-0.05, 0) is 47.2 Å². The summed E-state index contributed by atoms with van der Waals surface area (Å²) in [7, 11) is 0. The highest BCUT2D eigenvalue weighted by molar-refractivity contribution is 6.30. The van der Waals surface area contributed by atoms with Gasteiger partial charge in [-0.25, -0.2) is 0 Å². The van der Waals surface area contributed by atoms with Crippen molar-refractivity contribution in [3.8, 4) is 6.07 Å². The number of nitrogens with one attached hydrogen (secondary N) is 1. The Kier molecular flexibility index (Phi) is 5.96. The minimum atomic E-state index is -1.09. The van der Waals surface area contributed by atoms with E-state index >= 15 is 0 Å². The van der Waals surface area contributed by atoms with Crippen LogP contribution in [-0.4, -0.2) is 23.2 Å². The first kappa shape index (κ1) is 21.6. The summed E-state index contributed by atoms with van der Waals surface area (Å²) < 4.78 is 0. The average molecular weight is 431 g/mol. The van der Waals surface area contributed by atoms with E-state index in [0.29, 0.717) is 16.5 Å². The highest BCUT2D eigenvalue weighted by Gasteiger charge is 2.59. The van der Waals surface area contributed by atoms with E-state index in [4.69, 9.17) is 23.2 Å². The maximum absolute atomic E-state index is 12.2. The van der Waals surface area contributed by atoms with Crippen LogP contribution in [0.3, 0.4) is 0 Å². The third-order valence-electron chi connectivity index (χ3n) is 5.55. The standard InChI is InChI=1S/C23H24Cl2N2O2/c1-22(2,3)12-18-23(13-26,15-7-9-16(24)10-8-15)19(20(27-18)21(28)29)14-5-4-6-17(25)11-14/h4-11,18-20,27H,12H2,1-3H3,(H,28,29)/t18-,19-,20+,23-/m1/s1. The second-order valence-electron chi connectivity index (χ2n) is 8.82. The molecule has 152 valence electrons. The van der Waals surface area contributed by atoms with Gasteiger partial charge in [0.15, 0.2) is 0 Å². The van der Waals surface area contributed by atoms with E-state index in [-0.39, 0.29) is 11.5 Å². The summed E-state index contributed by atoms with van der Waals surface area (Å²) in [5.74, 6) is -1.60. The van der Waals surface area contributed by atoms with Gasteiger partial charge in [-0.3, -0.25) is 10.1 Å². The van der Waals surface area contributed by atoms with Gasteiger partial charge < -0.3 is 5.11 Å². The smallest absolute Gasteiger partial charge is 0.321 e. The van der Waals surface area contributed by atoms with Gasteiger partial charge in [0.25, 0.3) is 0 Å². The Morgan fingerprint density at radius 1 is 1.17 bits per heavy atom. The summed E-state index contributed by atoms with van der Waals surface area (Å²) in [6.45, 7) is 6.25. The van der Waals surface area contributed by atoms with Gasteiger partial charge in [0.05, 0.1) is 6.07 Å². The van der Waals surface area contributed by atoms with Crippen LogP contribution in [0.25, 0.3) is 0 Å². The third kappa shape index (κ3) is 4.14. The highest BCUT2D eigenvalue weighted by Crippen LogP contribution is 2.51. The number of rotatable bonds is 4. The Bertz CT molecular complexity index is 947. The number of benzene rings is 2. The fourth-order valence-electron chi connectivity index (χ4n) is 4.44. The molecule has 0 radical (unpaired) electrons. The van der Waals surface area contributed by atoms with Crippen molar-refractivity contribution < 1.29 is 9.90 Å². The summed E-state index contributed by atoms with van der Waals surface area (Å²) in [5, 5.41) is 24.9. The number of hydrogen-bond acceptors (Lipinski definition) is 3. The van der Waals surface area contributed by atoms with E-state index in [1.807, 2.05) is 18.2 Å². The summed E-state index contributed by atoms with van der Waals surface area (Å²) in [5.41, 5.74) is 0.273. The molecule has 2 aromatic rings. The number of hydrogen-bond donors (Lipinski definition) is 2. The van der Waals surface area contributed by atoms with Crippen LogP contribution < -0.4 is 5.32 Å². The predicted molar refractivity (Wildman–Crippen MR) is 115 cm³/mol. The number of carbonyl (C=O) groups is 1. The zero-order valence-corrected chi connectivity index (χ0v) is 18.1. The quantitative estimate of drug-likeness (QED) is 0.680. The Labute approximate surface area is 181 Å². The van der Waals surface area contributed by atoms with Crippen molar-refractivity contribution in [2.75, 3.05) is 0 Å². The topological polar surface area (TPSA) is 73.1 Å². The van der Waals surface area contributed by atoms with Gasteiger partial charge in [0.1, 0.15) is 11.5 Å². The summed E-state index contributed by atoms with van der Waals surface area (Å²) >= 11 is 12.3. The van der Waals surface area contributed by atoms with Gasteiger partial charge >= 0.3 is 5.97 Å². The van der Waals surface area contributed by atoms with Crippen molar-refractivity contribution in [2.45, 2.75) is 50.6 Å². The predicted octanol–water partition coefficient (Wildman–Crippen LogP) is 5.40. The highest BCUT2D eigenvalue weighted by atomic mass is 35.5. The molecule has 0 bridgehead atoms. The number of carboxylic acid groups (broad SMARTS) is 1. The van der Waals surface area contributed by atoms with Crippen LogP contribution in [-0.2, 0) is 10.2 Å². The van der Waals surface area contributed by atoms with Crippen LogP contribution in [0.2, 0.25) is 10.0 Å². The number of nitriles is 1. The Balaban J connectivity index is 2.28. The summed E-state index contributed by atoms with van der Waals surface area (Å²) in [6, 6.07) is 15.5. The molecule has 0 spiro atoms. The van der Waals surface area contributed by atoms with Gasteiger partial charge in [0.2, 0.25) is 0 Å². The van der Waals surface area contributed by atoms with Crippen molar-refractivity contribution >= 4 is 29.2 Å². The molecule has 4 atom stereocenters. The maximum atomic E-state index is 12.2. The molecular formula is C23H24Cl2N2O2. The molecule has 6 heteroatoms. The SMILES string of the molecule is CC(C)(C)C[C@H]1N[C@H](C(=O)O)[C@@H](c2cccc(Cl)c2)[C@]1(C#N)c1ccc(Cl)cc1. The van der Waals surface area contributed by atoms with Crippen LogP contribution in [0, 0.1) is 16.7 Å². The first-order valence-corrected chi connectivity index (χ1v) is 10.3. The van der Waals surface area contributed by atoms with Crippen molar-refractivity contribution in [1.29, 1.82) is 5.26 Å². The fraction of sp³-hybridized carbons (Fsp3) is 0.391. The monoisotopic (exact) mass is 430 g/mol. The van der Waals surface area contributed by atoms with Crippen LogP contribution in [0.5, 0.6) is 0 Å². The largest absolute Gasteiger partial charge is 0.480 e. The first-order chi connectivity index (χ1) is 13.6. The molecule has 1 heterocycles. The van der Waals surface area contributed by atoms with Crippen molar-refractivity contribution in [2.24, 2.45) is 5.41 Å². The molecule has 4 nitrogen and oxygen atoms in total. The molecule has 0 saturated carbocycles. The molecule has 0 aliphatic carbocycles. The van der Waals surface area contributed by atoms with Gasteiger partial charge in [-0.1, -0.05) is 68.2 Å². The number of halogens is 2. The van der Waals surface area contributed by atoms with Crippen molar-refractivity contribution in [3.05, 3.63) is 69.7 Å². The molecule has 2 aromatic carbocycles. The first-order valence-electron chi connectivity index (χ1n) is 9.50.